The molecule has 1 saturated carbocycles. The van der Waals surface area contributed by atoms with E-state index in [1.54, 1.807) is 0 Å². The van der Waals surface area contributed by atoms with Crippen molar-refractivity contribution >= 4 is 32.3 Å². The number of ether oxygens (including phenoxy) is 1. The molecule has 0 bridgehead atoms. The number of benzene rings is 8. The van der Waals surface area contributed by atoms with Gasteiger partial charge in [-0.2, -0.15) is 0 Å². The van der Waals surface area contributed by atoms with Crippen molar-refractivity contribution in [2.45, 2.75) is 37.2 Å². The summed E-state index contributed by atoms with van der Waals surface area (Å²) in [6.45, 7) is 0. The molecule has 1 heteroatoms. The highest BCUT2D eigenvalue weighted by Gasteiger charge is 2.43. The minimum Gasteiger partial charge on any atom is -0.489 e. The molecule has 0 saturated heterocycles. The van der Waals surface area contributed by atoms with Gasteiger partial charge in [-0.1, -0.05) is 152 Å². The number of hydrogen-bond acceptors (Lipinski definition) is 1. The molecule has 0 amide bonds. The average Bonchev–Trinajstić information content (AvgIpc) is 3.59. The summed E-state index contributed by atoms with van der Waals surface area (Å²) in [7, 11) is 0. The zero-order valence-corrected chi connectivity index (χ0v) is 27.0. The summed E-state index contributed by atoms with van der Waals surface area (Å²) in [6.07, 6.45) is 2.50. The van der Waals surface area contributed by atoms with Crippen LogP contribution in [0, 0.1) is 0 Å². The van der Waals surface area contributed by atoms with Crippen molar-refractivity contribution in [1.29, 1.82) is 0 Å². The molecule has 49 heavy (non-hydrogen) atoms. The smallest absolute Gasteiger partial charge is 0.123 e. The molecule has 0 radical (unpaired) electrons. The fraction of sp³-hybridized carbons (Fsp3) is 0.125. The van der Waals surface area contributed by atoms with Crippen LogP contribution in [0.3, 0.4) is 0 Å². The summed E-state index contributed by atoms with van der Waals surface area (Å²) in [5.74, 6) is 0.591. The molecular formula is C48H36O. The van der Waals surface area contributed by atoms with Crippen molar-refractivity contribution in [2.24, 2.45) is 0 Å². The molecule has 3 atom stereocenters. The molecule has 0 spiro atoms. The van der Waals surface area contributed by atoms with Crippen molar-refractivity contribution in [2.75, 3.05) is 0 Å². The van der Waals surface area contributed by atoms with Crippen LogP contribution in [0.4, 0.5) is 0 Å². The lowest BCUT2D eigenvalue weighted by molar-refractivity contribution is 0.150. The average molecular weight is 633 g/mol. The largest absolute Gasteiger partial charge is 0.489 e. The summed E-state index contributed by atoms with van der Waals surface area (Å²) < 4.78 is 44.7. The van der Waals surface area contributed by atoms with Crippen LogP contribution >= 0.6 is 0 Å². The van der Waals surface area contributed by atoms with Crippen LogP contribution in [-0.4, -0.2) is 6.10 Å². The molecule has 1 aliphatic heterocycles. The first-order valence-corrected chi connectivity index (χ1v) is 17.4. The first-order chi connectivity index (χ1) is 26.0. The lowest BCUT2D eigenvalue weighted by atomic mass is 9.71. The van der Waals surface area contributed by atoms with Crippen molar-refractivity contribution in [3.8, 4) is 39.1 Å². The first kappa shape index (κ1) is 24.5. The standard InChI is InChI=1S/C48H36O/c1-2-14-32(15-3-1)46-39-20-6-8-22-41(39)47(42-23-9-7-21-40(42)46)35-18-10-17-33(29-35)38-25-12-26-45-48(38)43-30-34(27-28-44(43)49-45)37-24-11-16-31-13-4-5-19-36(31)37/h1-11,13-24,27-30,38,45,48H,12,25-26H2/i10D,17D,18D,29D. The van der Waals surface area contributed by atoms with Gasteiger partial charge in [0.05, 0.1) is 5.48 Å². The SMILES string of the molecule is [2H]c1c([2H])c(-c2c3ccccc3c(-c3ccccc3)c3ccccc23)c([2H])c(C2CCCC3Oc4ccc(-c5cccc6ccccc56)cc4C32)c1[2H]. The van der Waals surface area contributed by atoms with E-state index < -0.39 is 0 Å². The summed E-state index contributed by atoms with van der Waals surface area (Å²) in [6, 6.07) is 48.2. The third-order valence-electron chi connectivity index (χ3n) is 10.8. The number of hydrogen-bond donors (Lipinski definition) is 0. The minimum atomic E-state index is -0.206. The molecule has 8 aromatic carbocycles. The van der Waals surface area contributed by atoms with Gasteiger partial charge in [-0.25, -0.2) is 0 Å². The monoisotopic (exact) mass is 632 g/mol. The Morgan fingerprint density at radius 1 is 0.551 bits per heavy atom. The molecular weight excluding hydrogens is 593 g/mol. The van der Waals surface area contributed by atoms with Gasteiger partial charge in [0.2, 0.25) is 0 Å². The third-order valence-corrected chi connectivity index (χ3v) is 10.8. The Kier molecular flexibility index (Phi) is 5.74. The summed E-state index contributed by atoms with van der Waals surface area (Å²) in [5.41, 5.74) is 7.37. The van der Waals surface area contributed by atoms with Crippen molar-refractivity contribution in [3.63, 3.8) is 0 Å². The summed E-state index contributed by atoms with van der Waals surface area (Å²) in [4.78, 5) is 0. The molecule has 0 aromatic heterocycles. The number of rotatable bonds is 4. The quantitative estimate of drug-likeness (QED) is 0.175. The molecule has 3 unspecified atom stereocenters. The van der Waals surface area contributed by atoms with Crippen molar-refractivity contribution in [1.82, 2.24) is 0 Å². The van der Waals surface area contributed by atoms with Crippen LogP contribution in [0.2, 0.25) is 0 Å². The molecule has 8 aromatic rings. The van der Waals surface area contributed by atoms with E-state index in [0.29, 0.717) is 11.1 Å². The normalized spacial score (nSPS) is 19.5. The van der Waals surface area contributed by atoms with E-state index >= 15 is 0 Å². The maximum Gasteiger partial charge on any atom is 0.123 e. The van der Waals surface area contributed by atoms with Gasteiger partial charge in [-0.05, 0) is 109 Å². The summed E-state index contributed by atoms with van der Waals surface area (Å²) in [5, 5.41) is 6.32. The van der Waals surface area contributed by atoms with Gasteiger partial charge in [-0.15, -0.1) is 0 Å². The maximum atomic E-state index is 10.0. The van der Waals surface area contributed by atoms with Gasteiger partial charge >= 0.3 is 0 Å². The zero-order chi connectivity index (χ0) is 35.8. The van der Waals surface area contributed by atoms with Crippen molar-refractivity contribution in [3.05, 3.63) is 175 Å². The van der Waals surface area contributed by atoms with Gasteiger partial charge in [0.1, 0.15) is 11.9 Å². The molecule has 1 fully saturated rings. The molecule has 10 rings (SSSR count). The zero-order valence-electron chi connectivity index (χ0n) is 31.0. The minimum absolute atomic E-state index is 0.0115. The van der Waals surface area contributed by atoms with E-state index in [9.17, 15) is 5.48 Å². The van der Waals surface area contributed by atoms with Crippen LogP contribution in [0.5, 0.6) is 5.75 Å². The summed E-state index contributed by atoms with van der Waals surface area (Å²) >= 11 is 0. The van der Waals surface area contributed by atoms with Gasteiger partial charge < -0.3 is 4.74 Å². The Morgan fingerprint density at radius 3 is 1.96 bits per heavy atom. The highest BCUT2D eigenvalue weighted by Crippen LogP contribution is 2.54. The van der Waals surface area contributed by atoms with E-state index in [0.717, 1.165) is 79.9 Å². The highest BCUT2D eigenvalue weighted by molar-refractivity contribution is 6.21. The van der Waals surface area contributed by atoms with Crippen LogP contribution in [-0.2, 0) is 0 Å². The van der Waals surface area contributed by atoms with E-state index in [1.165, 1.54) is 10.8 Å². The molecule has 1 nitrogen and oxygen atoms in total. The van der Waals surface area contributed by atoms with Gasteiger partial charge in [0, 0.05) is 11.5 Å². The Hall–Kier alpha value is -5.66. The predicted molar refractivity (Wildman–Crippen MR) is 205 cm³/mol. The van der Waals surface area contributed by atoms with Crippen molar-refractivity contribution < 1.29 is 10.2 Å². The van der Waals surface area contributed by atoms with Crippen LogP contribution in [0.25, 0.3) is 65.7 Å². The lowest BCUT2D eigenvalue weighted by Crippen LogP contribution is -2.28. The van der Waals surface area contributed by atoms with E-state index in [-0.39, 0.29) is 42.1 Å². The predicted octanol–water partition coefficient (Wildman–Crippen LogP) is 13.0. The fourth-order valence-corrected chi connectivity index (χ4v) is 8.74. The van der Waals surface area contributed by atoms with Gasteiger partial charge in [0.25, 0.3) is 0 Å². The van der Waals surface area contributed by atoms with Gasteiger partial charge in [-0.3, -0.25) is 0 Å². The highest BCUT2D eigenvalue weighted by atomic mass is 16.5. The molecule has 2 aliphatic rings. The second-order valence-electron chi connectivity index (χ2n) is 13.5. The lowest BCUT2D eigenvalue weighted by Gasteiger charge is -2.33. The Labute approximate surface area is 293 Å². The topological polar surface area (TPSA) is 9.23 Å². The van der Waals surface area contributed by atoms with Crippen LogP contribution in [0.15, 0.2) is 164 Å². The van der Waals surface area contributed by atoms with E-state index in [2.05, 4.69) is 109 Å². The van der Waals surface area contributed by atoms with Crippen LogP contribution < -0.4 is 4.74 Å². The molecule has 234 valence electrons. The second kappa shape index (κ2) is 11.5. The third kappa shape index (κ3) is 4.60. The molecule has 1 aliphatic carbocycles. The first-order valence-electron chi connectivity index (χ1n) is 19.4. The van der Waals surface area contributed by atoms with Crippen LogP contribution in [0.1, 0.15) is 47.7 Å². The van der Waals surface area contributed by atoms with E-state index in [4.69, 9.17) is 4.74 Å². The fourth-order valence-electron chi connectivity index (χ4n) is 8.74. The number of fused-ring (bicyclic) bond motifs is 6. The van der Waals surface area contributed by atoms with Gasteiger partial charge in [0.15, 0.2) is 0 Å². The molecule has 1 heterocycles. The Bertz CT molecular complexity index is 2690. The Morgan fingerprint density at radius 2 is 1.20 bits per heavy atom. The Balaban J connectivity index is 1.19. The van der Waals surface area contributed by atoms with E-state index in [1.807, 2.05) is 30.3 Å². The second-order valence-corrected chi connectivity index (χ2v) is 13.5. The molecule has 0 N–H and O–H groups in total. The maximum absolute atomic E-state index is 10.0.